The standard InChI is InChI=1S/C11H16B.C2H6/c1-3-10-4-6-11(7-5-10)8-9-12-2;1-2/h4-7H,3,8-9H2,1-2H3;1-2H3. The first kappa shape index (κ1) is 13.3. The highest BCUT2D eigenvalue weighted by atomic mass is 14.0. The second-order valence-electron chi connectivity index (χ2n) is 3.12. The topological polar surface area (TPSA) is 0 Å². The molecule has 0 nitrogen and oxygen atoms in total. The fourth-order valence-corrected chi connectivity index (χ4v) is 1.25. The Balaban J connectivity index is 0.000000791. The number of aryl methyl sites for hydroxylation is 2. The minimum absolute atomic E-state index is 1.14. The second-order valence-corrected chi connectivity index (χ2v) is 3.12. The van der Waals surface area contributed by atoms with Gasteiger partial charge >= 0.3 is 0 Å². The highest BCUT2D eigenvalue weighted by Crippen LogP contribution is 2.06. The van der Waals surface area contributed by atoms with Crippen molar-refractivity contribution in [3.8, 4) is 0 Å². The predicted molar refractivity (Wildman–Crippen MR) is 67.3 cm³/mol. The first-order valence-corrected chi connectivity index (χ1v) is 5.72. The van der Waals surface area contributed by atoms with Gasteiger partial charge < -0.3 is 0 Å². The first-order valence-electron chi connectivity index (χ1n) is 5.72. The molecule has 1 aromatic carbocycles. The highest BCUT2D eigenvalue weighted by Gasteiger charge is 1.92. The quantitative estimate of drug-likeness (QED) is 0.628. The van der Waals surface area contributed by atoms with Crippen LogP contribution in [-0.4, -0.2) is 7.28 Å². The molecule has 77 valence electrons. The number of benzene rings is 1. The summed E-state index contributed by atoms with van der Waals surface area (Å²) in [6, 6.07) is 8.93. The maximum absolute atomic E-state index is 2.24. The third-order valence-corrected chi connectivity index (χ3v) is 2.15. The van der Waals surface area contributed by atoms with E-state index < -0.39 is 0 Å². The summed E-state index contributed by atoms with van der Waals surface area (Å²) in [5, 5.41) is 0. The van der Waals surface area contributed by atoms with Crippen LogP contribution >= 0.6 is 0 Å². The molecule has 0 amide bonds. The average Bonchev–Trinajstić information content (AvgIpc) is 2.30. The van der Waals surface area contributed by atoms with Crippen molar-refractivity contribution in [2.75, 3.05) is 0 Å². The van der Waals surface area contributed by atoms with Crippen molar-refractivity contribution in [2.24, 2.45) is 0 Å². The highest BCUT2D eigenvalue weighted by molar-refractivity contribution is 6.33. The lowest BCUT2D eigenvalue weighted by atomic mass is 9.76. The van der Waals surface area contributed by atoms with Crippen molar-refractivity contribution in [2.45, 2.75) is 46.8 Å². The Kier molecular flexibility index (Phi) is 8.41. The Morgan fingerprint density at radius 3 is 1.93 bits per heavy atom. The van der Waals surface area contributed by atoms with Gasteiger partial charge in [-0.1, -0.05) is 58.2 Å². The molecule has 0 bridgehead atoms. The van der Waals surface area contributed by atoms with E-state index in [0.717, 1.165) is 6.42 Å². The van der Waals surface area contributed by atoms with Gasteiger partial charge in [0.2, 0.25) is 0 Å². The van der Waals surface area contributed by atoms with E-state index in [4.69, 9.17) is 0 Å². The van der Waals surface area contributed by atoms with Crippen LogP contribution in [-0.2, 0) is 12.8 Å². The van der Waals surface area contributed by atoms with Crippen LogP contribution in [0.2, 0.25) is 13.1 Å². The van der Waals surface area contributed by atoms with Crippen LogP contribution in [0.3, 0.4) is 0 Å². The molecule has 14 heavy (non-hydrogen) atoms. The predicted octanol–water partition coefficient (Wildman–Crippen LogP) is 3.99. The molecule has 0 aliphatic rings. The number of rotatable bonds is 4. The van der Waals surface area contributed by atoms with Crippen LogP contribution in [0.15, 0.2) is 24.3 Å². The van der Waals surface area contributed by atoms with E-state index in [-0.39, 0.29) is 0 Å². The van der Waals surface area contributed by atoms with Crippen molar-refractivity contribution >= 4 is 7.28 Å². The Labute approximate surface area is 90.0 Å². The smallest absolute Gasteiger partial charge is 0.0920 e. The van der Waals surface area contributed by atoms with E-state index in [0.29, 0.717) is 0 Å². The summed E-state index contributed by atoms with van der Waals surface area (Å²) in [6.07, 6.45) is 3.51. The molecular formula is C13H22B. The summed E-state index contributed by atoms with van der Waals surface area (Å²) in [7, 11) is 2.22. The summed E-state index contributed by atoms with van der Waals surface area (Å²) in [4.78, 5) is 0. The molecule has 0 aliphatic carbocycles. The fraction of sp³-hybridized carbons (Fsp3) is 0.538. The van der Waals surface area contributed by atoms with Gasteiger partial charge in [0, 0.05) is 0 Å². The molecule has 0 aromatic heterocycles. The molecule has 0 saturated heterocycles. The molecule has 0 saturated carbocycles. The lowest BCUT2D eigenvalue weighted by Gasteiger charge is -2.00. The van der Waals surface area contributed by atoms with Crippen LogP contribution in [0.25, 0.3) is 0 Å². The zero-order valence-corrected chi connectivity index (χ0v) is 10.0. The molecule has 1 rings (SSSR count). The minimum atomic E-state index is 1.14. The van der Waals surface area contributed by atoms with E-state index in [9.17, 15) is 0 Å². The molecule has 1 aromatic rings. The van der Waals surface area contributed by atoms with Crippen LogP contribution in [0.4, 0.5) is 0 Å². The third kappa shape index (κ3) is 5.11. The van der Waals surface area contributed by atoms with E-state index in [1.807, 2.05) is 13.8 Å². The molecule has 0 unspecified atom stereocenters. The molecule has 1 heteroatoms. The fourth-order valence-electron chi connectivity index (χ4n) is 1.25. The van der Waals surface area contributed by atoms with Crippen molar-refractivity contribution in [3.63, 3.8) is 0 Å². The van der Waals surface area contributed by atoms with Gasteiger partial charge in [-0.05, 0) is 24.0 Å². The second kappa shape index (κ2) is 8.86. The number of hydrogen-bond acceptors (Lipinski definition) is 0. The summed E-state index contributed by atoms with van der Waals surface area (Å²) >= 11 is 0. The molecular weight excluding hydrogens is 167 g/mol. The van der Waals surface area contributed by atoms with E-state index in [1.165, 1.54) is 23.9 Å². The largest absolute Gasteiger partial charge is 0.106 e. The molecule has 0 heterocycles. The van der Waals surface area contributed by atoms with Crippen molar-refractivity contribution in [1.82, 2.24) is 0 Å². The van der Waals surface area contributed by atoms with Crippen LogP contribution in [0, 0.1) is 0 Å². The Bertz CT molecular complexity index is 213. The molecule has 0 atom stereocenters. The van der Waals surface area contributed by atoms with Gasteiger partial charge in [-0.25, -0.2) is 0 Å². The third-order valence-electron chi connectivity index (χ3n) is 2.15. The maximum atomic E-state index is 2.24. The summed E-state index contributed by atoms with van der Waals surface area (Å²) in [5.74, 6) is 0. The van der Waals surface area contributed by atoms with Gasteiger partial charge in [0.05, 0.1) is 0 Å². The Hall–Kier alpha value is -0.715. The summed E-state index contributed by atoms with van der Waals surface area (Å²) in [5.41, 5.74) is 2.88. The van der Waals surface area contributed by atoms with Crippen LogP contribution in [0.1, 0.15) is 31.9 Å². The van der Waals surface area contributed by atoms with Crippen molar-refractivity contribution in [3.05, 3.63) is 35.4 Å². The van der Waals surface area contributed by atoms with E-state index in [2.05, 4.69) is 45.3 Å². The zero-order chi connectivity index (χ0) is 10.8. The zero-order valence-electron chi connectivity index (χ0n) is 10.0. The molecule has 0 N–H and O–H groups in total. The van der Waals surface area contributed by atoms with Gasteiger partial charge in [0.15, 0.2) is 0 Å². The number of hydrogen-bond donors (Lipinski definition) is 0. The lowest BCUT2D eigenvalue weighted by Crippen LogP contribution is -1.88. The van der Waals surface area contributed by atoms with E-state index in [1.54, 1.807) is 0 Å². The minimum Gasteiger partial charge on any atom is -0.0920 e. The van der Waals surface area contributed by atoms with Crippen LogP contribution in [0.5, 0.6) is 0 Å². The normalized spacial score (nSPS) is 8.86. The summed E-state index contributed by atoms with van der Waals surface area (Å²) in [6.45, 7) is 8.30. The molecule has 0 spiro atoms. The first-order chi connectivity index (χ1) is 6.86. The Morgan fingerprint density at radius 2 is 1.50 bits per heavy atom. The van der Waals surface area contributed by atoms with Gasteiger partial charge in [0.25, 0.3) is 0 Å². The summed E-state index contributed by atoms with van der Waals surface area (Å²) < 4.78 is 0. The maximum Gasteiger partial charge on any atom is 0.106 e. The van der Waals surface area contributed by atoms with E-state index >= 15 is 0 Å². The average molecular weight is 189 g/mol. The van der Waals surface area contributed by atoms with Crippen molar-refractivity contribution in [1.29, 1.82) is 0 Å². The molecule has 0 fully saturated rings. The van der Waals surface area contributed by atoms with Gasteiger partial charge in [-0.3, -0.25) is 0 Å². The van der Waals surface area contributed by atoms with Crippen molar-refractivity contribution < 1.29 is 0 Å². The molecule has 0 aliphatic heterocycles. The van der Waals surface area contributed by atoms with Gasteiger partial charge in [0.1, 0.15) is 7.28 Å². The monoisotopic (exact) mass is 189 g/mol. The SMILES string of the molecule is CC.C[B]CCc1ccc(CC)cc1. The van der Waals surface area contributed by atoms with Crippen LogP contribution < -0.4 is 0 Å². The Morgan fingerprint density at radius 1 is 1.00 bits per heavy atom. The van der Waals surface area contributed by atoms with Gasteiger partial charge in [-0.15, -0.1) is 0 Å². The van der Waals surface area contributed by atoms with Gasteiger partial charge in [-0.2, -0.15) is 0 Å². The lowest BCUT2D eigenvalue weighted by molar-refractivity contribution is 1.09. The molecule has 1 radical (unpaired) electrons.